The fourth-order valence-corrected chi connectivity index (χ4v) is 4.54. The molecular weight excluding hydrogens is 290 g/mol. The Morgan fingerprint density at radius 3 is 2.70 bits per heavy atom. The summed E-state index contributed by atoms with van der Waals surface area (Å²) in [5, 5.41) is 0. The van der Waals surface area contributed by atoms with Gasteiger partial charge in [0.25, 0.3) is 5.91 Å². The van der Waals surface area contributed by atoms with Crippen LogP contribution in [0, 0.1) is 12.8 Å². The third-order valence-corrected chi connectivity index (χ3v) is 5.61. The molecule has 1 aliphatic carbocycles. The van der Waals surface area contributed by atoms with E-state index in [-0.39, 0.29) is 23.9 Å². The number of rotatable bonds is 2. The number of amides is 2. The van der Waals surface area contributed by atoms with Crippen LogP contribution in [0.25, 0.3) is 0 Å². The van der Waals surface area contributed by atoms with Crippen LogP contribution >= 0.6 is 0 Å². The molecule has 0 aromatic carbocycles. The SMILES string of the molecule is Cc1cncc(C(=O)N2[C@H]3CC[C@@H](C3)[C@H]2C(=O)N2CCCC2)c1. The monoisotopic (exact) mass is 313 g/mol. The van der Waals surface area contributed by atoms with E-state index in [0.717, 1.165) is 50.8 Å². The topological polar surface area (TPSA) is 53.5 Å². The zero-order chi connectivity index (χ0) is 16.0. The lowest BCUT2D eigenvalue weighted by molar-refractivity contribution is -0.136. The van der Waals surface area contributed by atoms with E-state index in [2.05, 4.69) is 4.98 Å². The number of nitrogens with zero attached hydrogens (tertiary/aromatic N) is 3. The molecule has 0 N–H and O–H groups in total. The number of likely N-dealkylation sites (tertiary alicyclic amines) is 2. The third kappa shape index (κ3) is 2.42. The summed E-state index contributed by atoms with van der Waals surface area (Å²) in [4.78, 5) is 34.0. The van der Waals surface area contributed by atoms with Crippen LogP contribution < -0.4 is 0 Å². The number of fused-ring (bicyclic) bond motifs is 2. The average Bonchev–Trinajstić information content (AvgIpc) is 3.29. The highest BCUT2D eigenvalue weighted by molar-refractivity contribution is 5.98. The normalized spacial score (nSPS) is 29.3. The Hall–Kier alpha value is -1.91. The molecule has 3 atom stereocenters. The number of hydrogen-bond donors (Lipinski definition) is 0. The van der Waals surface area contributed by atoms with E-state index < -0.39 is 0 Å². The van der Waals surface area contributed by atoms with Gasteiger partial charge in [-0.15, -0.1) is 0 Å². The maximum Gasteiger partial charge on any atom is 0.256 e. The number of aryl methyl sites for hydroxylation is 1. The van der Waals surface area contributed by atoms with Crippen LogP contribution in [0.5, 0.6) is 0 Å². The molecule has 2 bridgehead atoms. The molecule has 3 fully saturated rings. The predicted molar refractivity (Wildman–Crippen MR) is 85.9 cm³/mol. The van der Waals surface area contributed by atoms with Gasteiger partial charge < -0.3 is 9.80 Å². The highest BCUT2D eigenvalue weighted by atomic mass is 16.2. The first kappa shape index (κ1) is 14.7. The minimum atomic E-state index is -0.250. The summed E-state index contributed by atoms with van der Waals surface area (Å²) in [5.41, 5.74) is 1.58. The number of aromatic nitrogens is 1. The second kappa shape index (κ2) is 5.62. The Morgan fingerprint density at radius 2 is 1.96 bits per heavy atom. The molecule has 2 saturated heterocycles. The molecule has 2 amide bonds. The summed E-state index contributed by atoms with van der Waals surface area (Å²) in [6.45, 7) is 3.63. The number of carbonyl (C=O) groups is 2. The smallest absolute Gasteiger partial charge is 0.256 e. The summed E-state index contributed by atoms with van der Waals surface area (Å²) < 4.78 is 0. The number of piperidine rings is 1. The minimum Gasteiger partial charge on any atom is -0.341 e. The van der Waals surface area contributed by atoms with E-state index in [9.17, 15) is 9.59 Å². The van der Waals surface area contributed by atoms with Gasteiger partial charge in [-0.1, -0.05) is 0 Å². The molecule has 0 spiro atoms. The van der Waals surface area contributed by atoms with Crippen LogP contribution in [0.15, 0.2) is 18.5 Å². The van der Waals surface area contributed by atoms with E-state index in [1.54, 1.807) is 12.4 Å². The van der Waals surface area contributed by atoms with Crippen molar-refractivity contribution in [3.63, 3.8) is 0 Å². The highest BCUT2D eigenvalue weighted by Gasteiger charge is 2.52. The fraction of sp³-hybridized carbons (Fsp3) is 0.611. The van der Waals surface area contributed by atoms with Crippen molar-refractivity contribution >= 4 is 11.8 Å². The van der Waals surface area contributed by atoms with Crippen LogP contribution in [0.2, 0.25) is 0 Å². The van der Waals surface area contributed by atoms with Crippen LogP contribution in [0.3, 0.4) is 0 Å². The largest absolute Gasteiger partial charge is 0.341 e. The van der Waals surface area contributed by atoms with E-state index in [1.165, 1.54) is 0 Å². The molecule has 3 heterocycles. The summed E-state index contributed by atoms with van der Waals surface area (Å²) in [6, 6.07) is 1.85. The van der Waals surface area contributed by atoms with Crippen molar-refractivity contribution in [1.29, 1.82) is 0 Å². The molecule has 0 radical (unpaired) electrons. The third-order valence-electron chi connectivity index (χ3n) is 5.61. The molecule has 1 aromatic rings. The standard InChI is InChI=1S/C18H23N3O2/c1-12-8-14(11-19-10-12)17(22)21-15-5-4-13(9-15)16(21)18(23)20-6-2-3-7-20/h8,10-11,13,15-16H,2-7,9H2,1H3/t13-,15-,16-/m0/s1. The second-order valence-electron chi connectivity index (χ2n) is 7.17. The summed E-state index contributed by atoms with van der Waals surface area (Å²) >= 11 is 0. The molecule has 5 nitrogen and oxygen atoms in total. The van der Waals surface area contributed by atoms with Gasteiger partial charge in [0.2, 0.25) is 5.91 Å². The Labute approximate surface area is 136 Å². The molecule has 3 aliphatic rings. The number of pyridine rings is 1. The first-order chi connectivity index (χ1) is 11.1. The predicted octanol–water partition coefficient (Wildman–Crippen LogP) is 2.01. The van der Waals surface area contributed by atoms with Gasteiger partial charge in [-0.25, -0.2) is 0 Å². The Morgan fingerprint density at radius 1 is 1.17 bits per heavy atom. The maximum atomic E-state index is 13.0. The molecule has 5 heteroatoms. The van der Waals surface area contributed by atoms with Crippen molar-refractivity contribution in [1.82, 2.24) is 14.8 Å². The van der Waals surface area contributed by atoms with E-state index in [4.69, 9.17) is 0 Å². The van der Waals surface area contributed by atoms with Crippen LogP contribution in [-0.4, -0.2) is 51.8 Å². The lowest BCUT2D eigenvalue weighted by atomic mass is 9.96. The van der Waals surface area contributed by atoms with Crippen LogP contribution in [-0.2, 0) is 4.79 Å². The number of carbonyl (C=O) groups excluding carboxylic acids is 2. The van der Waals surface area contributed by atoms with E-state index >= 15 is 0 Å². The molecular formula is C18H23N3O2. The van der Waals surface area contributed by atoms with Crippen LogP contribution in [0.4, 0.5) is 0 Å². The number of hydrogen-bond acceptors (Lipinski definition) is 3. The molecule has 23 heavy (non-hydrogen) atoms. The van der Waals surface area contributed by atoms with Crippen LogP contribution in [0.1, 0.15) is 48.0 Å². The van der Waals surface area contributed by atoms with Gasteiger partial charge in [-0.3, -0.25) is 14.6 Å². The van der Waals surface area contributed by atoms with E-state index in [0.29, 0.717) is 11.5 Å². The van der Waals surface area contributed by atoms with Crippen molar-refractivity contribution in [3.8, 4) is 0 Å². The first-order valence-corrected chi connectivity index (χ1v) is 8.68. The van der Waals surface area contributed by atoms with E-state index in [1.807, 2.05) is 22.8 Å². The molecule has 122 valence electrons. The fourth-order valence-electron chi connectivity index (χ4n) is 4.54. The zero-order valence-corrected chi connectivity index (χ0v) is 13.6. The van der Waals surface area contributed by atoms with Crippen molar-refractivity contribution in [2.75, 3.05) is 13.1 Å². The lowest BCUT2D eigenvalue weighted by Gasteiger charge is -2.36. The zero-order valence-electron chi connectivity index (χ0n) is 13.6. The summed E-state index contributed by atoms with van der Waals surface area (Å²) in [7, 11) is 0. The van der Waals surface area contributed by atoms with Crippen molar-refractivity contribution in [3.05, 3.63) is 29.6 Å². The Balaban J connectivity index is 1.62. The quantitative estimate of drug-likeness (QED) is 0.839. The van der Waals surface area contributed by atoms with Gasteiger partial charge in [0, 0.05) is 31.5 Å². The van der Waals surface area contributed by atoms with Gasteiger partial charge in [-0.2, -0.15) is 0 Å². The molecule has 2 aliphatic heterocycles. The van der Waals surface area contributed by atoms with Gasteiger partial charge in [0.15, 0.2) is 0 Å². The summed E-state index contributed by atoms with van der Waals surface area (Å²) in [6.07, 6.45) is 8.63. The summed E-state index contributed by atoms with van der Waals surface area (Å²) in [5.74, 6) is 0.490. The molecule has 4 rings (SSSR count). The first-order valence-electron chi connectivity index (χ1n) is 8.68. The maximum absolute atomic E-state index is 13.0. The van der Waals surface area contributed by atoms with Gasteiger partial charge in [0.1, 0.15) is 6.04 Å². The van der Waals surface area contributed by atoms with Crippen molar-refractivity contribution < 1.29 is 9.59 Å². The molecule has 1 aromatic heterocycles. The lowest BCUT2D eigenvalue weighted by Crippen LogP contribution is -2.53. The van der Waals surface area contributed by atoms with Gasteiger partial charge >= 0.3 is 0 Å². The highest BCUT2D eigenvalue weighted by Crippen LogP contribution is 2.44. The Bertz CT molecular complexity index is 639. The Kier molecular flexibility index (Phi) is 3.58. The van der Waals surface area contributed by atoms with Gasteiger partial charge in [0.05, 0.1) is 5.56 Å². The van der Waals surface area contributed by atoms with Crippen molar-refractivity contribution in [2.45, 2.75) is 51.1 Å². The molecule has 1 saturated carbocycles. The minimum absolute atomic E-state index is 0.0223. The second-order valence-corrected chi connectivity index (χ2v) is 7.17. The average molecular weight is 313 g/mol. The van der Waals surface area contributed by atoms with Crippen molar-refractivity contribution in [2.24, 2.45) is 5.92 Å². The van der Waals surface area contributed by atoms with Gasteiger partial charge in [-0.05, 0) is 56.6 Å². The molecule has 0 unspecified atom stereocenters.